The van der Waals surface area contributed by atoms with E-state index in [-0.39, 0.29) is 0 Å². The first-order chi connectivity index (χ1) is 8.84. The van der Waals surface area contributed by atoms with Crippen molar-refractivity contribution in [3.05, 3.63) is 64.6 Å². The lowest BCUT2D eigenvalue weighted by atomic mass is 10.2. The Morgan fingerprint density at radius 1 is 0.889 bits per heavy atom. The molecule has 94 valence electrons. The molecule has 18 heavy (non-hydrogen) atoms. The molecule has 2 aromatic rings. The predicted octanol–water partition coefficient (Wildman–Crippen LogP) is 4.04. The molecule has 0 atom stereocenters. The minimum atomic E-state index is 0.559. The standard InChI is InChI=1S/C15H15BrO2/c16-14-7-4-8-15(11-14)18-10-9-17-12-13-5-2-1-3-6-13/h1-8,11H,9-10,12H2. The van der Waals surface area contributed by atoms with Gasteiger partial charge in [-0.2, -0.15) is 0 Å². The van der Waals surface area contributed by atoms with E-state index < -0.39 is 0 Å². The molecule has 0 amide bonds. The number of hydrogen-bond acceptors (Lipinski definition) is 2. The normalized spacial score (nSPS) is 10.3. The van der Waals surface area contributed by atoms with Gasteiger partial charge >= 0.3 is 0 Å². The molecule has 0 saturated carbocycles. The highest BCUT2D eigenvalue weighted by Crippen LogP contribution is 2.17. The molecular formula is C15H15BrO2. The van der Waals surface area contributed by atoms with Gasteiger partial charge < -0.3 is 9.47 Å². The maximum Gasteiger partial charge on any atom is 0.120 e. The summed E-state index contributed by atoms with van der Waals surface area (Å²) in [6.45, 7) is 1.77. The minimum absolute atomic E-state index is 0.559. The van der Waals surface area contributed by atoms with Crippen LogP contribution >= 0.6 is 15.9 Å². The third kappa shape index (κ3) is 4.51. The molecule has 0 aromatic heterocycles. The van der Waals surface area contributed by atoms with E-state index in [1.807, 2.05) is 42.5 Å². The number of benzene rings is 2. The lowest BCUT2D eigenvalue weighted by Crippen LogP contribution is -2.06. The largest absolute Gasteiger partial charge is 0.491 e. The summed E-state index contributed by atoms with van der Waals surface area (Å²) < 4.78 is 12.1. The first kappa shape index (κ1) is 13.1. The number of halogens is 1. The van der Waals surface area contributed by atoms with Gasteiger partial charge in [0.25, 0.3) is 0 Å². The van der Waals surface area contributed by atoms with E-state index in [9.17, 15) is 0 Å². The molecule has 0 saturated heterocycles. The van der Waals surface area contributed by atoms with Crippen LogP contribution < -0.4 is 4.74 Å². The van der Waals surface area contributed by atoms with Crippen molar-refractivity contribution in [1.29, 1.82) is 0 Å². The lowest BCUT2D eigenvalue weighted by Gasteiger charge is -2.07. The van der Waals surface area contributed by atoms with E-state index in [2.05, 4.69) is 28.1 Å². The Kier molecular flexibility index (Phi) is 5.24. The van der Waals surface area contributed by atoms with Gasteiger partial charge in [0.05, 0.1) is 13.2 Å². The number of hydrogen-bond donors (Lipinski definition) is 0. The van der Waals surface area contributed by atoms with Gasteiger partial charge in [0.15, 0.2) is 0 Å². The molecule has 2 nitrogen and oxygen atoms in total. The summed E-state index contributed by atoms with van der Waals surface area (Å²) in [6.07, 6.45) is 0. The van der Waals surface area contributed by atoms with Crippen LogP contribution in [-0.4, -0.2) is 13.2 Å². The molecule has 0 spiro atoms. The average molecular weight is 307 g/mol. The second-order valence-corrected chi connectivity index (χ2v) is 4.76. The van der Waals surface area contributed by atoms with Crippen LogP contribution in [0.2, 0.25) is 0 Å². The average Bonchev–Trinajstić information content (AvgIpc) is 2.40. The number of ether oxygens (including phenoxy) is 2. The van der Waals surface area contributed by atoms with Crippen molar-refractivity contribution in [2.75, 3.05) is 13.2 Å². The van der Waals surface area contributed by atoms with Crippen LogP contribution in [0.1, 0.15) is 5.56 Å². The van der Waals surface area contributed by atoms with Gasteiger partial charge in [0.1, 0.15) is 12.4 Å². The topological polar surface area (TPSA) is 18.5 Å². The van der Waals surface area contributed by atoms with Gasteiger partial charge in [-0.1, -0.05) is 52.3 Å². The molecule has 0 aliphatic rings. The molecule has 0 aliphatic heterocycles. The Hall–Kier alpha value is -1.32. The smallest absolute Gasteiger partial charge is 0.120 e. The van der Waals surface area contributed by atoms with Crippen LogP contribution in [0.5, 0.6) is 5.75 Å². The highest BCUT2D eigenvalue weighted by atomic mass is 79.9. The number of rotatable bonds is 6. The Bertz CT molecular complexity index is 471. The van der Waals surface area contributed by atoms with Crippen molar-refractivity contribution in [2.45, 2.75) is 6.61 Å². The molecule has 3 heteroatoms. The SMILES string of the molecule is Brc1cccc(OCCOCc2ccccc2)c1. The van der Waals surface area contributed by atoms with Gasteiger partial charge in [-0.05, 0) is 23.8 Å². The van der Waals surface area contributed by atoms with E-state index in [1.165, 1.54) is 5.56 Å². The van der Waals surface area contributed by atoms with Gasteiger partial charge in [0, 0.05) is 4.47 Å². The van der Waals surface area contributed by atoms with E-state index in [1.54, 1.807) is 0 Å². The summed E-state index contributed by atoms with van der Waals surface area (Å²) in [7, 11) is 0. The Morgan fingerprint density at radius 2 is 1.72 bits per heavy atom. The quantitative estimate of drug-likeness (QED) is 0.750. The fourth-order valence-electron chi connectivity index (χ4n) is 1.54. The van der Waals surface area contributed by atoms with E-state index in [0.717, 1.165) is 10.2 Å². The molecule has 0 unspecified atom stereocenters. The Morgan fingerprint density at radius 3 is 2.50 bits per heavy atom. The van der Waals surface area contributed by atoms with E-state index in [4.69, 9.17) is 9.47 Å². The Labute approximate surface area is 116 Å². The van der Waals surface area contributed by atoms with Gasteiger partial charge in [-0.3, -0.25) is 0 Å². The molecular weight excluding hydrogens is 292 g/mol. The zero-order chi connectivity index (χ0) is 12.6. The second-order valence-electron chi connectivity index (χ2n) is 3.84. The predicted molar refractivity (Wildman–Crippen MR) is 75.7 cm³/mol. The Balaban J connectivity index is 1.65. The molecule has 0 fully saturated rings. The molecule has 0 heterocycles. The first-order valence-electron chi connectivity index (χ1n) is 5.84. The summed E-state index contributed by atoms with van der Waals surface area (Å²) in [6, 6.07) is 17.9. The fourth-order valence-corrected chi connectivity index (χ4v) is 1.92. The van der Waals surface area contributed by atoms with Crippen molar-refractivity contribution in [1.82, 2.24) is 0 Å². The van der Waals surface area contributed by atoms with Crippen LogP contribution in [0.15, 0.2) is 59.1 Å². The monoisotopic (exact) mass is 306 g/mol. The van der Waals surface area contributed by atoms with Gasteiger partial charge in [-0.15, -0.1) is 0 Å². The highest BCUT2D eigenvalue weighted by Gasteiger charge is 1.95. The van der Waals surface area contributed by atoms with Crippen molar-refractivity contribution in [2.24, 2.45) is 0 Å². The van der Waals surface area contributed by atoms with Crippen molar-refractivity contribution < 1.29 is 9.47 Å². The van der Waals surface area contributed by atoms with Crippen molar-refractivity contribution in [3.63, 3.8) is 0 Å². The fraction of sp³-hybridized carbons (Fsp3) is 0.200. The van der Waals surface area contributed by atoms with E-state index in [0.29, 0.717) is 19.8 Å². The molecule has 0 aliphatic carbocycles. The van der Waals surface area contributed by atoms with Crippen molar-refractivity contribution in [3.8, 4) is 5.75 Å². The molecule has 0 radical (unpaired) electrons. The van der Waals surface area contributed by atoms with Gasteiger partial charge in [-0.25, -0.2) is 0 Å². The maximum absolute atomic E-state index is 5.57. The molecule has 2 rings (SSSR count). The van der Waals surface area contributed by atoms with Gasteiger partial charge in [0.2, 0.25) is 0 Å². The zero-order valence-corrected chi connectivity index (χ0v) is 11.6. The second kappa shape index (κ2) is 7.19. The van der Waals surface area contributed by atoms with Crippen LogP contribution in [0.4, 0.5) is 0 Å². The lowest BCUT2D eigenvalue weighted by molar-refractivity contribution is 0.0889. The summed E-state index contributed by atoms with van der Waals surface area (Å²) in [4.78, 5) is 0. The third-order valence-corrected chi connectivity index (χ3v) is 2.90. The molecule has 0 bridgehead atoms. The summed E-state index contributed by atoms with van der Waals surface area (Å²) in [5.74, 6) is 0.854. The zero-order valence-electron chi connectivity index (χ0n) is 10.0. The molecule has 0 N–H and O–H groups in total. The summed E-state index contributed by atoms with van der Waals surface area (Å²) >= 11 is 3.40. The maximum atomic E-state index is 5.57. The summed E-state index contributed by atoms with van der Waals surface area (Å²) in [5, 5.41) is 0. The van der Waals surface area contributed by atoms with Crippen molar-refractivity contribution >= 4 is 15.9 Å². The summed E-state index contributed by atoms with van der Waals surface area (Å²) in [5.41, 5.74) is 1.18. The first-order valence-corrected chi connectivity index (χ1v) is 6.64. The highest BCUT2D eigenvalue weighted by molar-refractivity contribution is 9.10. The van der Waals surface area contributed by atoms with Crippen LogP contribution in [0.25, 0.3) is 0 Å². The van der Waals surface area contributed by atoms with E-state index >= 15 is 0 Å². The molecule has 2 aromatic carbocycles. The van der Waals surface area contributed by atoms with Crippen LogP contribution in [-0.2, 0) is 11.3 Å². The minimum Gasteiger partial charge on any atom is -0.491 e. The third-order valence-electron chi connectivity index (χ3n) is 2.40. The van der Waals surface area contributed by atoms with Crippen LogP contribution in [0, 0.1) is 0 Å². The van der Waals surface area contributed by atoms with Crippen LogP contribution in [0.3, 0.4) is 0 Å².